The number of piperazine rings is 1. The normalized spacial score (nSPS) is 14.6. The number of hydrogen-bond donors (Lipinski definition) is 4. The summed E-state index contributed by atoms with van der Waals surface area (Å²) in [4.78, 5) is 82.7. The molecule has 1 fully saturated rings. The molecular weight excluding hydrogens is 932 g/mol. The van der Waals surface area contributed by atoms with E-state index in [1.165, 1.54) is 18.3 Å². The molecule has 18 nitrogen and oxygen atoms in total. The fourth-order valence-corrected chi connectivity index (χ4v) is 9.74. The Morgan fingerprint density at radius 3 is 2.11 bits per heavy atom. The number of aliphatic hydroxyl groups is 1. The Morgan fingerprint density at radius 2 is 1.48 bits per heavy atom. The predicted molar refractivity (Wildman–Crippen MR) is 235 cm³/mol. The molecule has 0 atom stereocenters. The molecule has 1 aliphatic heterocycles. The average molecular weight is 974 g/mol. The number of anilines is 1. The van der Waals surface area contributed by atoms with Crippen molar-refractivity contribution in [2.45, 2.75) is 18.4 Å². The number of esters is 2. The summed E-state index contributed by atoms with van der Waals surface area (Å²) < 4.78 is 43.9. The number of aromatic nitrogens is 2. The maximum absolute atomic E-state index is 13.8. The van der Waals surface area contributed by atoms with E-state index in [1.807, 2.05) is 4.90 Å². The molecular formula is C45H41BrN4O14S. The number of phenols is 2. The summed E-state index contributed by atoms with van der Waals surface area (Å²) >= 11 is 3.27. The second-order valence-corrected chi connectivity index (χ2v) is 17.5. The Hall–Kier alpha value is -6.71. The Labute approximate surface area is 379 Å². The molecule has 0 spiro atoms. The molecule has 338 valence electrons. The number of ketones is 4. The van der Waals surface area contributed by atoms with Crippen LogP contribution in [0, 0.1) is 6.92 Å². The van der Waals surface area contributed by atoms with Gasteiger partial charge in [-0.05, 0) is 58.8 Å². The highest BCUT2D eigenvalue weighted by molar-refractivity contribution is 9.10. The van der Waals surface area contributed by atoms with Crippen molar-refractivity contribution in [2.75, 3.05) is 64.6 Å². The maximum Gasteiger partial charge on any atom is 0.356 e. The molecule has 0 radical (unpaired) electrons. The third-order valence-corrected chi connectivity index (χ3v) is 13.3. The van der Waals surface area contributed by atoms with E-state index < -0.39 is 56.5 Å². The summed E-state index contributed by atoms with van der Waals surface area (Å²) in [6.07, 6.45) is 3.38. The van der Waals surface area contributed by atoms with E-state index in [4.69, 9.17) is 19.3 Å². The van der Waals surface area contributed by atoms with Crippen LogP contribution in [0.2, 0.25) is 0 Å². The van der Waals surface area contributed by atoms with Crippen LogP contribution in [-0.4, -0.2) is 132 Å². The molecule has 65 heavy (non-hydrogen) atoms. The molecule has 0 saturated carbocycles. The predicted octanol–water partition coefficient (Wildman–Crippen LogP) is 4.48. The van der Waals surface area contributed by atoms with Gasteiger partial charge in [-0.25, -0.2) is 22.0 Å². The third-order valence-electron chi connectivity index (χ3n) is 10.9. The Balaban J connectivity index is 0.000000206. The lowest BCUT2D eigenvalue weighted by Gasteiger charge is -2.37. The zero-order valence-electron chi connectivity index (χ0n) is 34.8. The third kappa shape index (κ3) is 8.90. The van der Waals surface area contributed by atoms with Crippen molar-refractivity contribution in [2.24, 2.45) is 0 Å². The molecule has 3 aliphatic rings. The molecule has 4 N–H and O–H groups in total. The van der Waals surface area contributed by atoms with Crippen LogP contribution in [0.5, 0.6) is 11.5 Å². The minimum atomic E-state index is -4.58. The minimum Gasteiger partial charge on any atom is -0.506 e. The number of fused-ring (bicyclic) bond motifs is 4. The van der Waals surface area contributed by atoms with Crippen molar-refractivity contribution in [3.63, 3.8) is 0 Å². The van der Waals surface area contributed by atoms with Gasteiger partial charge >= 0.3 is 11.9 Å². The van der Waals surface area contributed by atoms with E-state index in [0.717, 1.165) is 37.4 Å². The Morgan fingerprint density at radius 1 is 0.831 bits per heavy atom. The smallest absolute Gasteiger partial charge is 0.356 e. The fraction of sp³-hybridized carbons (Fsp3) is 0.244. The number of aromatic hydroxyl groups is 2. The number of nitrogens with one attached hydrogen (secondary N) is 1. The van der Waals surface area contributed by atoms with Gasteiger partial charge in [0.1, 0.15) is 23.7 Å². The summed E-state index contributed by atoms with van der Waals surface area (Å²) in [6.45, 7) is 5.73. The van der Waals surface area contributed by atoms with Crippen LogP contribution in [0.4, 0.5) is 5.69 Å². The number of rotatable bonds is 12. The fourth-order valence-electron chi connectivity index (χ4n) is 7.60. The topological polar surface area (TPSA) is 252 Å². The lowest BCUT2D eigenvalue weighted by Crippen LogP contribution is -2.47. The van der Waals surface area contributed by atoms with Crippen LogP contribution in [0.15, 0.2) is 88.4 Å². The van der Waals surface area contributed by atoms with Crippen molar-refractivity contribution >= 4 is 66.7 Å². The summed E-state index contributed by atoms with van der Waals surface area (Å²) in [5.74, 6) is -5.75. The number of benzene rings is 3. The van der Waals surface area contributed by atoms with Crippen LogP contribution in [-0.2, 0) is 30.8 Å². The number of carbonyl (C=O) groups is 6. The second kappa shape index (κ2) is 19.2. The van der Waals surface area contributed by atoms with Crippen molar-refractivity contribution < 1.29 is 66.7 Å². The highest BCUT2D eigenvalue weighted by Gasteiger charge is 2.43. The first-order valence-electron chi connectivity index (χ1n) is 20.0. The molecule has 8 rings (SSSR count). The standard InChI is InChI=1S/C27H20N2O8S.C18H21BrN2O6/c1-15-8-10-17(11-9-15)38(34,35)29-20(27(33)37-14-16-6-4-3-5-7-16)12-18-21-19(26(32)36-2)13-28-22(21)24(30)25(31)23(18)29;19-15-16(21-5-3-20(4-6-21)7-9-27-10-8-22)18(26)14-12(24)2-1-11(23)13(14)17(15)25/h3-13,28H,14H2,1-2H3;1-2,22,25-26H,3-10H2. The molecule has 20 heteroatoms. The van der Waals surface area contributed by atoms with Crippen molar-refractivity contribution in [3.8, 4) is 22.6 Å². The summed E-state index contributed by atoms with van der Waals surface area (Å²) in [6, 6.07) is 15.6. The molecule has 2 aromatic heterocycles. The van der Waals surface area contributed by atoms with Crippen molar-refractivity contribution in [3.05, 3.63) is 128 Å². The quantitative estimate of drug-likeness (QED) is 0.0582. The molecule has 0 unspecified atom stereocenters. The van der Waals surface area contributed by atoms with Gasteiger partial charge in [-0.15, -0.1) is 0 Å². The zero-order chi connectivity index (χ0) is 46.7. The van der Waals surface area contributed by atoms with E-state index in [0.29, 0.717) is 54.6 Å². The highest BCUT2D eigenvalue weighted by Crippen LogP contribution is 2.48. The van der Waals surface area contributed by atoms with E-state index in [-0.39, 0.29) is 67.6 Å². The number of nitrogens with zero attached hydrogens (tertiary/aromatic N) is 3. The molecule has 3 heterocycles. The summed E-state index contributed by atoms with van der Waals surface area (Å²) in [5.41, 5.74) is -0.0795. The number of Topliss-reactive ketones (excluding diaryl/α,β-unsaturated/α-hetero) is 2. The molecule has 0 bridgehead atoms. The van der Waals surface area contributed by atoms with Crippen molar-refractivity contribution in [1.29, 1.82) is 0 Å². The van der Waals surface area contributed by atoms with E-state index >= 15 is 0 Å². The average Bonchev–Trinajstić information content (AvgIpc) is 3.94. The van der Waals surface area contributed by atoms with E-state index in [2.05, 4.69) is 25.8 Å². The molecule has 5 aromatic rings. The maximum atomic E-state index is 13.8. The first-order chi connectivity index (χ1) is 31.1. The summed E-state index contributed by atoms with van der Waals surface area (Å²) in [5, 5.41) is 29.9. The first kappa shape index (κ1) is 46.3. The Kier molecular flexibility index (Phi) is 13.7. The largest absolute Gasteiger partial charge is 0.506 e. The van der Waals surface area contributed by atoms with Gasteiger partial charge in [0, 0.05) is 50.0 Å². The van der Waals surface area contributed by atoms with Crippen LogP contribution >= 0.6 is 15.9 Å². The van der Waals surface area contributed by atoms with Gasteiger partial charge in [0.15, 0.2) is 17.3 Å². The molecule has 3 aromatic carbocycles. The van der Waals surface area contributed by atoms with Gasteiger partial charge in [-0.1, -0.05) is 48.0 Å². The number of H-pyrrole nitrogens is 1. The number of methoxy groups -OCH3 is 1. The Bertz CT molecular complexity index is 2880. The highest BCUT2D eigenvalue weighted by atomic mass is 79.9. The lowest BCUT2D eigenvalue weighted by molar-refractivity contribution is 0.0463. The minimum absolute atomic E-state index is 0.000680. The van der Waals surface area contributed by atoms with E-state index in [1.54, 1.807) is 49.4 Å². The van der Waals surface area contributed by atoms with Crippen LogP contribution in [0.1, 0.15) is 73.7 Å². The SMILES string of the molecule is COC(=O)c1c[nH]c2c1-c1cc(C(=O)OCc3ccccc3)n(S(=O)(=O)c3ccc(C)cc3)c1C(=O)C2=O.O=C1C=CC(=O)c2c(O)c(N3CCN(CCOCCO)CC3)c(Br)c(O)c21. The number of phenolic OH excluding ortho intramolecular Hbond substituents is 2. The second-order valence-electron chi connectivity index (χ2n) is 14.9. The molecule has 0 amide bonds. The zero-order valence-corrected chi connectivity index (χ0v) is 37.2. The van der Waals surface area contributed by atoms with Gasteiger partial charge < -0.3 is 39.4 Å². The van der Waals surface area contributed by atoms with Gasteiger partial charge in [-0.2, -0.15) is 0 Å². The van der Waals surface area contributed by atoms with Gasteiger partial charge in [-0.3, -0.25) is 24.1 Å². The van der Waals surface area contributed by atoms with Crippen LogP contribution in [0.3, 0.4) is 0 Å². The first-order valence-corrected chi connectivity index (χ1v) is 22.2. The van der Waals surface area contributed by atoms with E-state index in [9.17, 15) is 47.4 Å². The molecule has 2 aliphatic carbocycles. The number of ether oxygens (including phenoxy) is 3. The van der Waals surface area contributed by atoms with Crippen LogP contribution < -0.4 is 4.90 Å². The number of aryl methyl sites for hydroxylation is 1. The number of halogens is 1. The number of carbonyl (C=O) groups excluding carboxylic acids is 6. The van der Waals surface area contributed by atoms with Crippen LogP contribution in [0.25, 0.3) is 11.1 Å². The number of hydrogen-bond acceptors (Lipinski definition) is 16. The number of aliphatic hydroxyl groups excluding tert-OH is 1. The number of allylic oxidation sites excluding steroid dienone is 2. The van der Waals surface area contributed by atoms with Crippen molar-refractivity contribution in [1.82, 2.24) is 13.9 Å². The molecule has 1 saturated heterocycles. The van der Waals surface area contributed by atoms with Gasteiger partial charge in [0.25, 0.3) is 21.6 Å². The van der Waals surface area contributed by atoms with Gasteiger partial charge in [0.2, 0.25) is 0 Å². The van der Waals surface area contributed by atoms with Gasteiger partial charge in [0.05, 0.1) is 64.4 Å². The lowest BCUT2D eigenvalue weighted by atomic mass is 9.91. The monoisotopic (exact) mass is 972 g/mol. The summed E-state index contributed by atoms with van der Waals surface area (Å²) in [7, 11) is -3.44. The number of aromatic amines is 1.